The smallest absolute Gasteiger partial charge is 0.244 e. The highest BCUT2D eigenvalue weighted by Gasteiger charge is 2.30. The van der Waals surface area contributed by atoms with Gasteiger partial charge in [0.1, 0.15) is 0 Å². The number of rotatable bonds is 3. The highest BCUT2D eigenvalue weighted by atomic mass is 35.5. The van der Waals surface area contributed by atoms with Gasteiger partial charge in [0.2, 0.25) is 5.91 Å². The average molecular weight is 287 g/mol. The van der Waals surface area contributed by atoms with Gasteiger partial charge >= 0.3 is 0 Å². The second-order valence-electron chi connectivity index (χ2n) is 4.31. The molecule has 0 bridgehead atoms. The molecule has 0 aromatic heterocycles. The molecular formula is C13H16Cl2N2O. The quantitative estimate of drug-likeness (QED) is 0.926. The number of amides is 1. The average Bonchev–Trinajstić information content (AvgIpc) is 2.33. The van der Waals surface area contributed by atoms with Gasteiger partial charge in [-0.15, -0.1) is 0 Å². The van der Waals surface area contributed by atoms with Gasteiger partial charge in [0.25, 0.3) is 0 Å². The van der Waals surface area contributed by atoms with E-state index < -0.39 is 0 Å². The van der Waals surface area contributed by atoms with Crippen LogP contribution in [0.3, 0.4) is 0 Å². The SMILES string of the molecule is CCNC1CCCN(c2c(Cl)cccc2Cl)C1=O. The number of piperidine rings is 1. The van der Waals surface area contributed by atoms with Crippen LogP contribution in [0.4, 0.5) is 5.69 Å². The Kier molecular flexibility index (Phi) is 4.49. The lowest BCUT2D eigenvalue weighted by molar-refractivity contribution is -0.121. The van der Waals surface area contributed by atoms with E-state index in [2.05, 4.69) is 5.32 Å². The molecule has 1 saturated heterocycles. The Morgan fingerprint density at radius 1 is 1.39 bits per heavy atom. The first-order valence-electron chi connectivity index (χ1n) is 6.14. The maximum absolute atomic E-state index is 12.4. The van der Waals surface area contributed by atoms with Crippen LogP contribution in [-0.2, 0) is 4.79 Å². The van der Waals surface area contributed by atoms with Crippen molar-refractivity contribution in [3.05, 3.63) is 28.2 Å². The highest BCUT2D eigenvalue weighted by molar-refractivity contribution is 6.40. The van der Waals surface area contributed by atoms with Gasteiger partial charge < -0.3 is 10.2 Å². The van der Waals surface area contributed by atoms with E-state index in [1.807, 2.05) is 6.92 Å². The summed E-state index contributed by atoms with van der Waals surface area (Å²) in [5, 5.41) is 4.24. The van der Waals surface area contributed by atoms with E-state index in [9.17, 15) is 4.79 Å². The monoisotopic (exact) mass is 286 g/mol. The number of carbonyl (C=O) groups is 1. The summed E-state index contributed by atoms with van der Waals surface area (Å²) in [6.45, 7) is 3.44. The van der Waals surface area contributed by atoms with Crippen molar-refractivity contribution in [3.8, 4) is 0 Å². The van der Waals surface area contributed by atoms with Crippen molar-refractivity contribution in [1.29, 1.82) is 0 Å². The van der Waals surface area contributed by atoms with Gasteiger partial charge in [-0.05, 0) is 31.5 Å². The van der Waals surface area contributed by atoms with E-state index in [1.54, 1.807) is 23.1 Å². The van der Waals surface area contributed by atoms with Gasteiger partial charge in [-0.1, -0.05) is 36.2 Å². The first kappa shape index (κ1) is 13.7. The second-order valence-corrected chi connectivity index (χ2v) is 5.13. The first-order valence-corrected chi connectivity index (χ1v) is 6.89. The molecule has 1 fully saturated rings. The maximum atomic E-state index is 12.4. The molecule has 98 valence electrons. The van der Waals surface area contributed by atoms with Crippen molar-refractivity contribution in [2.75, 3.05) is 18.0 Å². The molecule has 0 aliphatic carbocycles. The number of nitrogens with one attached hydrogen (secondary N) is 1. The molecule has 1 N–H and O–H groups in total. The fourth-order valence-corrected chi connectivity index (χ4v) is 2.88. The molecule has 5 heteroatoms. The molecular weight excluding hydrogens is 271 g/mol. The van der Waals surface area contributed by atoms with Gasteiger partial charge in [-0.25, -0.2) is 0 Å². The van der Waals surface area contributed by atoms with E-state index in [4.69, 9.17) is 23.2 Å². The lowest BCUT2D eigenvalue weighted by atomic mass is 10.0. The Hall–Kier alpha value is -0.770. The minimum Gasteiger partial charge on any atom is -0.308 e. The van der Waals surface area contributed by atoms with Crippen LogP contribution in [0, 0.1) is 0 Å². The number of para-hydroxylation sites is 1. The van der Waals surface area contributed by atoms with Crippen molar-refractivity contribution in [3.63, 3.8) is 0 Å². The zero-order chi connectivity index (χ0) is 13.1. The normalized spacial score (nSPS) is 20.3. The second kappa shape index (κ2) is 5.91. The zero-order valence-electron chi connectivity index (χ0n) is 10.2. The summed E-state index contributed by atoms with van der Waals surface area (Å²) in [7, 11) is 0. The minimum atomic E-state index is -0.129. The molecule has 1 aromatic carbocycles. The minimum absolute atomic E-state index is 0.0538. The fraction of sp³-hybridized carbons (Fsp3) is 0.462. The van der Waals surface area contributed by atoms with Gasteiger partial charge in [0.05, 0.1) is 21.8 Å². The Morgan fingerprint density at radius 3 is 2.67 bits per heavy atom. The number of benzene rings is 1. The van der Waals surface area contributed by atoms with Crippen LogP contribution in [-0.4, -0.2) is 25.0 Å². The molecule has 1 aliphatic rings. The summed E-state index contributed by atoms with van der Waals surface area (Å²) in [4.78, 5) is 14.1. The van der Waals surface area contributed by atoms with E-state index >= 15 is 0 Å². The largest absolute Gasteiger partial charge is 0.308 e. The van der Waals surface area contributed by atoms with Crippen LogP contribution in [0.5, 0.6) is 0 Å². The van der Waals surface area contributed by atoms with Gasteiger partial charge in [-0.2, -0.15) is 0 Å². The van der Waals surface area contributed by atoms with Crippen LogP contribution in [0.1, 0.15) is 19.8 Å². The van der Waals surface area contributed by atoms with Crippen molar-refractivity contribution in [2.45, 2.75) is 25.8 Å². The van der Waals surface area contributed by atoms with Crippen LogP contribution in [0.2, 0.25) is 10.0 Å². The van der Waals surface area contributed by atoms with Crippen LogP contribution in [0.15, 0.2) is 18.2 Å². The number of likely N-dealkylation sites (N-methyl/N-ethyl adjacent to an activating group) is 1. The van der Waals surface area contributed by atoms with Crippen LogP contribution < -0.4 is 10.2 Å². The molecule has 2 rings (SSSR count). The molecule has 1 heterocycles. The molecule has 0 radical (unpaired) electrons. The summed E-state index contributed by atoms with van der Waals surface area (Å²) >= 11 is 12.3. The summed E-state index contributed by atoms with van der Waals surface area (Å²) in [6.07, 6.45) is 1.82. The number of anilines is 1. The molecule has 1 unspecified atom stereocenters. The summed E-state index contributed by atoms with van der Waals surface area (Å²) in [6, 6.07) is 5.17. The predicted molar refractivity (Wildman–Crippen MR) is 75.5 cm³/mol. The Balaban J connectivity index is 2.29. The zero-order valence-corrected chi connectivity index (χ0v) is 11.8. The number of halogens is 2. The molecule has 1 amide bonds. The molecule has 18 heavy (non-hydrogen) atoms. The first-order chi connectivity index (χ1) is 8.65. The van der Waals surface area contributed by atoms with Crippen LogP contribution in [0.25, 0.3) is 0 Å². The molecule has 1 aromatic rings. The standard InChI is InChI=1S/C13H16Cl2N2O/c1-2-16-11-7-4-8-17(13(11)18)12-9(14)5-3-6-10(12)15/h3,5-6,11,16H,2,4,7-8H2,1H3. The Morgan fingerprint density at radius 2 is 2.06 bits per heavy atom. The number of nitrogens with zero attached hydrogens (tertiary/aromatic N) is 1. The Bertz CT molecular complexity index is 428. The third-order valence-corrected chi connectivity index (χ3v) is 3.71. The third kappa shape index (κ3) is 2.63. The number of hydrogen-bond donors (Lipinski definition) is 1. The van der Waals surface area contributed by atoms with E-state index in [1.165, 1.54) is 0 Å². The van der Waals surface area contributed by atoms with Crippen LogP contribution >= 0.6 is 23.2 Å². The summed E-state index contributed by atoms with van der Waals surface area (Å²) in [5.74, 6) is 0.0538. The van der Waals surface area contributed by atoms with Gasteiger partial charge in [0.15, 0.2) is 0 Å². The predicted octanol–water partition coefficient (Wildman–Crippen LogP) is 3.10. The fourth-order valence-electron chi connectivity index (χ4n) is 2.28. The highest BCUT2D eigenvalue weighted by Crippen LogP contribution is 2.35. The third-order valence-electron chi connectivity index (χ3n) is 3.10. The van der Waals surface area contributed by atoms with Gasteiger partial charge in [-0.3, -0.25) is 4.79 Å². The maximum Gasteiger partial charge on any atom is 0.244 e. The lowest BCUT2D eigenvalue weighted by Gasteiger charge is -2.33. The van der Waals surface area contributed by atoms with E-state index in [0.29, 0.717) is 22.3 Å². The Labute approximate surface area is 117 Å². The van der Waals surface area contributed by atoms with Crippen molar-refractivity contribution < 1.29 is 4.79 Å². The molecule has 3 nitrogen and oxygen atoms in total. The molecule has 1 aliphatic heterocycles. The van der Waals surface area contributed by atoms with Crippen molar-refractivity contribution >= 4 is 34.8 Å². The summed E-state index contributed by atoms with van der Waals surface area (Å²) in [5.41, 5.74) is 0.633. The molecule has 1 atom stereocenters. The lowest BCUT2D eigenvalue weighted by Crippen LogP contribution is -2.51. The molecule has 0 spiro atoms. The summed E-state index contributed by atoms with van der Waals surface area (Å²) < 4.78 is 0. The van der Waals surface area contributed by atoms with E-state index in [0.717, 1.165) is 19.4 Å². The van der Waals surface area contributed by atoms with Crippen molar-refractivity contribution in [2.24, 2.45) is 0 Å². The van der Waals surface area contributed by atoms with Gasteiger partial charge in [0, 0.05) is 6.54 Å². The topological polar surface area (TPSA) is 32.3 Å². The van der Waals surface area contributed by atoms with Crippen molar-refractivity contribution in [1.82, 2.24) is 5.32 Å². The number of hydrogen-bond acceptors (Lipinski definition) is 2. The molecule has 0 saturated carbocycles. The number of carbonyl (C=O) groups excluding carboxylic acids is 1. The van der Waals surface area contributed by atoms with E-state index in [-0.39, 0.29) is 11.9 Å².